The topological polar surface area (TPSA) is 73.9 Å². The molecule has 0 aliphatic carbocycles. The van der Waals surface area contributed by atoms with Gasteiger partial charge in [-0.2, -0.15) is 0 Å². The Labute approximate surface area is 205 Å². The van der Waals surface area contributed by atoms with Crippen molar-refractivity contribution in [3.05, 3.63) is 75.1 Å². The Kier molecular flexibility index (Phi) is 8.82. The van der Waals surface area contributed by atoms with E-state index in [2.05, 4.69) is 21.2 Å². The van der Waals surface area contributed by atoms with E-state index < -0.39 is 5.97 Å². The van der Waals surface area contributed by atoms with E-state index in [1.54, 1.807) is 32.2 Å². The van der Waals surface area contributed by atoms with Gasteiger partial charge in [0.15, 0.2) is 6.79 Å². The second kappa shape index (κ2) is 11.8. The fraction of sp³-hybridized carbons (Fsp3) is 0.200. The lowest BCUT2D eigenvalue weighted by molar-refractivity contribution is -0.111. The fourth-order valence-electron chi connectivity index (χ4n) is 3.12. The van der Waals surface area contributed by atoms with Gasteiger partial charge < -0.3 is 19.5 Å². The number of thiophene rings is 1. The van der Waals surface area contributed by atoms with Crippen LogP contribution in [0.5, 0.6) is 5.75 Å². The number of ether oxygens (including phenoxy) is 3. The molecule has 0 aliphatic rings. The summed E-state index contributed by atoms with van der Waals surface area (Å²) in [7, 11) is 1.56. The Balaban J connectivity index is 1.82. The van der Waals surface area contributed by atoms with Crippen LogP contribution in [0.4, 0.5) is 5.00 Å². The Bertz CT molecular complexity index is 1140. The van der Waals surface area contributed by atoms with Crippen molar-refractivity contribution in [2.24, 2.45) is 0 Å². The van der Waals surface area contributed by atoms with Gasteiger partial charge in [-0.05, 0) is 55.3 Å². The third-order valence-corrected chi connectivity index (χ3v) is 6.13. The lowest BCUT2D eigenvalue weighted by Gasteiger charge is -2.08. The second-order valence-electron chi connectivity index (χ2n) is 6.91. The monoisotopic (exact) mass is 529 g/mol. The molecule has 3 aromatic rings. The number of hydrogen-bond donors (Lipinski definition) is 1. The average molecular weight is 530 g/mol. The van der Waals surface area contributed by atoms with Gasteiger partial charge in [0, 0.05) is 28.1 Å². The maximum atomic E-state index is 12.8. The van der Waals surface area contributed by atoms with Crippen LogP contribution in [0.1, 0.15) is 27.7 Å². The first-order chi connectivity index (χ1) is 15.9. The van der Waals surface area contributed by atoms with E-state index in [0.29, 0.717) is 16.3 Å². The molecule has 0 atom stereocenters. The van der Waals surface area contributed by atoms with Crippen molar-refractivity contribution in [2.45, 2.75) is 13.8 Å². The predicted molar refractivity (Wildman–Crippen MR) is 135 cm³/mol. The van der Waals surface area contributed by atoms with Gasteiger partial charge in [-0.3, -0.25) is 4.79 Å². The summed E-state index contributed by atoms with van der Waals surface area (Å²) < 4.78 is 16.5. The molecule has 6 nitrogen and oxygen atoms in total. The number of rotatable bonds is 9. The summed E-state index contributed by atoms with van der Waals surface area (Å²) in [4.78, 5) is 26.3. The molecule has 0 saturated carbocycles. The van der Waals surface area contributed by atoms with E-state index in [4.69, 9.17) is 14.2 Å². The first kappa shape index (κ1) is 24.7. The Morgan fingerprint density at radius 2 is 1.79 bits per heavy atom. The van der Waals surface area contributed by atoms with E-state index >= 15 is 0 Å². The van der Waals surface area contributed by atoms with Gasteiger partial charge >= 0.3 is 5.97 Å². The minimum atomic E-state index is -0.467. The number of carbonyl (C=O) groups is 2. The van der Waals surface area contributed by atoms with Gasteiger partial charge in [0.2, 0.25) is 5.91 Å². The minimum Gasteiger partial charge on any atom is -0.468 e. The number of amides is 1. The van der Waals surface area contributed by atoms with Crippen LogP contribution >= 0.6 is 27.3 Å². The summed E-state index contributed by atoms with van der Waals surface area (Å²) in [6.07, 6.45) is 3.11. The molecular weight excluding hydrogens is 506 g/mol. The van der Waals surface area contributed by atoms with Crippen LogP contribution in [0.15, 0.2) is 59.1 Å². The van der Waals surface area contributed by atoms with Crippen molar-refractivity contribution in [1.29, 1.82) is 0 Å². The molecule has 8 heteroatoms. The Hall–Kier alpha value is -2.94. The molecule has 1 aromatic heterocycles. The largest absolute Gasteiger partial charge is 0.468 e. The molecule has 33 heavy (non-hydrogen) atoms. The van der Waals surface area contributed by atoms with E-state index in [9.17, 15) is 9.59 Å². The predicted octanol–water partition coefficient (Wildman–Crippen LogP) is 6.30. The zero-order valence-electron chi connectivity index (χ0n) is 18.5. The van der Waals surface area contributed by atoms with Crippen molar-refractivity contribution in [3.63, 3.8) is 0 Å². The molecule has 0 aliphatic heterocycles. The maximum absolute atomic E-state index is 12.8. The zero-order valence-corrected chi connectivity index (χ0v) is 20.9. The molecule has 0 fully saturated rings. The molecule has 0 radical (unpaired) electrons. The van der Waals surface area contributed by atoms with Crippen LogP contribution < -0.4 is 10.1 Å². The highest BCUT2D eigenvalue weighted by atomic mass is 79.9. The van der Waals surface area contributed by atoms with E-state index in [1.165, 1.54) is 17.4 Å². The SMILES string of the molecule is CCOC(=O)c1c(NC(=O)/C=C/c2ccc(OCOC)cc2)sc(C)c1-c1ccc(Br)cc1. The molecule has 1 N–H and O–H groups in total. The quantitative estimate of drug-likeness (QED) is 0.200. The highest BCUT2D eigenvalue weighted by Gasteiger charge is 2.25. The molecular formula is C25H24BrNO5S. The fourth-order valence-corrected chi connectivity index (χ4v) is 4.45. The molecule has 1 amide bonds. The summed E-state index contributed by atoms with van der Waals surface area (Å²) in [5.74, 6) is -0.137. The molecule has 3 rings (SSSR count). The zero-order chi connectivity index (χ0) is 23.8. The van der Waals surface area contributed by atoms with Crippen LogP contribution in [0.3, 0.4) is 0 Å². The smallest absolute Gasteiger partial charge is 0.341 e. The van der Waals surface area contributed by atoms with E-state index in [-0.39, 0.29) is 19.3 Å². The van der Waals surface area contributed by atoms with Gasteiger partial charge in [-0.25, -0.2) is 4.79 Å². The van der Waals surface area contributed by atoms with Crippen molar-refractivity contribution in [1.82, 2.24) is 0 Å². The van der Waals surface area contributed by atoms with Gasteiger partial charge in [-0.1, -0.05) is 40.2 Å². The van der Waals surface area contributed by atoms with Gasteiger partial charge in [0.25, 0.3) is 0 Å². The number of hydrogen-bond acceptors (Lipinski definition) is 6. The van der Waals surface area contributed by atoms with Crippen LogP contribution in [0.2, 0.25) is 0 Å². The number of methoxy groups -OCH3 is 1. The third-order valence-electron chi connectivity index (χ3n) is 4.58. The first-order valence-electron chi connectivity index (χ1n) is 10.2. The minimum absolute atomic E-state index is 0.170. The maximum Gasteiger partial charge on any atom is 0.341 e. The molecule has 0 bridgehead atoms. The molecule has 0 unspecified atom stereocenters. The van der Waals surface area contributed by atoms with Crippen molar-refractivity contribution < 1.29 is 23.8 Å². The lowest BCUT2D eigenvalue weighted by atomic mass is 10.0. The number of benzene rings is 2. The first-order valence-corrected chi connectivity index (χ1v) is 11.8. The van der Waals surface area contributed by atoms with Gasteiger partial charge in [0.05, 0.1) is 6.61 Å². The highest BCUT2D eigenvalue weighted by Crippen LogP contribution is 2.40. The van der Waals surface area contributed by atoms with Gasteiger partial charge in [0.1, 0.15) is 16.3 Å². The van der Waals surface area contributed by atoms with Crippen molar-refractivity contribution in [3.8, 4) is 16.9 Å². The normalized spacial score (nSPS) is 10.9. The molecule has 0 spiro atoms. The van der Waals surface area contributed by atoms with E-state index in [1.807, 2.05) is 43.3 Å². The number of aryl methyl sites for hydroxylation is 1. The number of esters is 1. The summed E-state index contributed by atoms with van der Waals surface area (Å²) in [5, 5.41) is 3.30. The average Bonchev–Trinajstić information content (AvgIpc) is 3.13. The number of halogens is 1. The summed E-state index contributed by atoms with van der Waals surface area (Å²) in [6.45, 7) is 4.08. The number of carbonyl (C=O) groups excluding carboxylic acids is 2. The highest BCUT2D eigenvalue weighted by molar-refractivity contribution is 9.10. The molecule has 172 valence electrons. The Morgan fingerprint density at radius 3 is 2.42 bits per heavy atom. The standard InChI is InChI=1S/C25H24BrNO5S/c1-4-31-25(29)23-22(18-8-10-19(26)11-9-18)16(2)33-24(23)27-21(28)14-7-17-5-12-20(13-6-17)32-15-30-3/h5-14H,4,15H2,1-3H3,(H,27,28)/b14-7+. The van der Waals surface area contributed by atoms with Crippen molar-refractivity contribution in [2.75, 3.05) is 25.8 Å². The molecule has 0 saturated heterocycles. The summed E-state index contributed by atoms with van der Waals surface area (Å²) in [6, 6.07) is 14.9. The molecule has 2 aromatic carbocycles. The van der Waals surface area contributed by atoms with Crippen molar-refractivity contribution >= 4 is 50.2 Å². The molecule has 1 heterocycles. The number of anilines is 1. The van der Waals surface area contributed by atoms with Crippen LogP contribution in [-0.2, 0) is 14.3 Å². The van der Waals surface area contributed by atoms with Crippen LogP contribution in [-0.4, -0.2) is 32.4 Å². The van der Waals surface area contributed by atoms with Gasteiger partial charge in [-0.15, -0.1) is 11.3 Å². The third kappa shape index (κ3) is 6.54. The lowest BCUT2D eigenvalue weighted by Crippen LogP contribution is -2.12. The summed E-state index contributed by atoms with van der Waals surface area (Å²) in [5.41, 5.74) is 2.83. The summed E-state index contributed by atoms with van der Waals surface area (Å²) >= 11 is 4.78. The second-order valence-corrected chi connectivity index (χ2v) is 9.05. The Morgan fingerprint density at radius 1 is 1.09 bits per heavy atom. The van der Waals surface area contributed by atoms with E-state index in [0.717, 1.165) is 26.0 Å². The number of nitrogens with one attached hydrogen (secondary N) is 1. The van der Waals surface area contributed by atoms with Crippen LogP contribution in [0, 0.1) is 6.92 Å². The van der Waals surface area contributed by atoms with Crippen LogP contribution in [0.25, 0.3) is 17.2 Å².